The second kappa shape index (κ2) is 15.6. The molecular weight excluding hydrogens is 997 g/mol. The van der Waals surface area contributed by atoms with E-state index in [9.17, 15) is 0 Å². The first-order valence-corrected chi connectivity index (χ1v) is 29.9. The van der Waals surface area contributed by atoms with E-state index >= 15 is 0 Å². The Hall–Kier alpha value is -7.92. The number of fused-ring (bicyclic) bond motifs is 21. The summed E-state index contributed by atoms with van der Waals surface area (Å²) in [5.41, 5.74) is 26.6. The summed E-state index contributed by atoms with van der Waals surface area (Å²) in [7, 11) is 0. The van der Waals surface area contributed by atoms with Crippen LogP contribution in [0.3, 0.4) is 0 Å². The highest BCUT2D eigenvalue weighted by atomic mass is 32.1. The molecule has 0 saturated carbocycles. The zero-order valence-corrected chi connectivity index (χ0v) is 46.8. The van der Waals surface area contributed by atoms with E-state index in [2.05, 4.69) is 248 Å². The van der Waals surface area contributed by atoms with Crippen molar-refractivity contribution in [1.82, 2.24) is 0 Å². The molecule has 0 bridgehead atoms. The Labute approximate surface area is 466 Å². The Morgan fingerprint density at radius 1 is 0.244 bits per heavy atom. The highest BCUT2D eigenvalue weighted by Gasteiger charge is 2.52. The number of thiophene rings is 3. The number of hydrogen-bond acceptors (Lipinski definition) is 3. The Bertz CT molecular complexity index is 4840. The van der Waals surface area contributed by atoms with Crippen molar-refractivity contribution in [3.8, 4) is 77.9 Å². The fraction of sp³-hybridized carbons (Fsp3) is 0.120. The predicted octanol–water partition coefficient (Wildman–Crippen LogP) is 22.4. The van der Waals surface area contributed by atoms with Crippen LogP contribution in [-0.4, -0.2) is 0 Å². The van der Waals surface area contributed by atoms with Crippen LogP contribution in [0.25, 0.3) is 138 Å². The van der Waals surface area contributed by atoms with Crippen molar-refractivity contribution in [2.45, 2.75) is 57.8 Å². The molecule has 0 saturated heterocycles. The van der Waals surface area contributed by atoms with E-state index in [4.69, 9.17) is 0 Å². The van der Waals surface area contributed by atoms with E-state index in [1.807, 2.05) is 34.0 Å². The van der Waals surface area contributed by atoms with Crippen molar-refractivity contribution in [2.24, 2.45) is 0 Å². The van der Waals surface area contributed by atoms with E-state index in [-0.39, 0.29) is 16.2 Å². The summed E-state index contributed by atoms with van der Waals surface area (Å²) < 4.78 is 8.07. The molecule has 3 heterocycles. The van der Waals surface area contributed by atoms with E-state index in [1.54, 1.807) is 0 Å². The van der Waals surface area contributed by atoms with Crippen LogP contribution in [0.1, 0.15) is 74.9 Å². The summed E-state index contributed by atoms with van der Waals surface area (Å²) >= 11 is 5.78. The van der Waals surface area contributed by atoms with Crippen molar-refractivity contribution in [3.05, 3.63) is 240 Å². The van der Waals surface area contributed by atoms with Crippen LogP contribution in [0.4, 0.5) is 0 Å². The third-order valence-corrected chi connectivity index (χ3v) is 22.3. The van der Waals surface area contributed by atoms with Crippen LogP contribution in [0.15, 0.2) is 206 Å². The summed E-state index contributed by atoms with van der Waals surface area (Å²) in [6.07, 6.45) is 0. The second-order valence-electron chi connectivity index (χ2n) is 23.8. The maximum Gasteiger partial charge on any atom is 0.0433 e. The van der Waals surface area contributed by atoms with Gasteiger partial charge in [-0.2, -0.15) is 0 Å². The summed E-state index contributed by atoms with van der Waals surface area (Å²) in [5, 5.41) is 8.00. The lowest BCUT2D eigenvalue weighted by molar-refractivity contribution is 0.636. The minimum Gasteiger partial charge on any atom is -0.135 e. The van der Waals surface area contributed by atoms with E-state index in [0.717, 1.165) is 0 Å². The van der Waals surface area contributed by atoms with Crippen LogP contribution in [-0.2, 0) is 16.2 Å². The van der Waals surface area contributed by atoms with Crippen LogP contribution >= 0.6 is 34.0 Å². The van der Waals surface area contributed by atoms with Gasteiger partial charge in [-0.3, -0.25) is 0 Å². The van der Waals surface area contributed by atoms with Crippen molar-refractivity contribution >= 4 is 94.5 Å². The number of hydrogen-bond donors (Lipinski definition) is 0. The van der Waals surface area contributed by atoms with Gasteiger partial charge in [0.1, 0.15) is 0 Å². The zero-order chi connectivity index (χ0) is 52.1. The monoisotopic (exact) mass is 1050 g/mol. The molecule has 0 unspecified atom stereocenters. The Kier molecular flexibility index (Phi) is 9.05. The molecule has 0 radical (unpaired) electrons. The molecule has 0 aliphatic heterocycles. The highest BCUT2D eigenvalue weighted by Crippen LogP contribution is 2.68. The van der Waals surface area contributed by atoms with Crippen molar-refractivity contribution < 1.29 is 0 Å². The standard InChI is InChI=1S/C75H52S3/c1-73(2)58-34-30-43(46-21-14-24-52-49-19-10-12-27-61(49)76-70(46)52)37-55(58)65-67(73)64-56-38-44(47-22-15-25-53-50-20-11-13-28-62(50)77-71(47)53)31-35-59(56)74(3,4)68(64)66-57-39-45(32-36-60(57)75(5,6)69(65)66)48-23-16-26-54-51-33-29-42(40-63(51)78-72(48)54)41-17-8-7-9-18-41/h7-40H,1-6H3. The molecule has 0 amide bonds. The van der Waals surface area contributed by atoms with Gasteiger partial charge in [0.05, 0.1) is 0 Å². The van der Waals surface area contributed by atoms with Gasteiger partial charge in [0.2, 0.25) is 0 Å². The van der Waals surface area contributed by atoms with Crippen molar-refractivity contribution in [3.63, 3.8) is 0 Å². The maximum atomic E-state index is 2.59. The van der Waals surface area contributed by atoms with Crippen LogP contribution < -0.4 is 0 Å². The largest absolute Gasteiger partial charge is 0.135 e. The van der Waals surface area contributed by atoms with Crippen LogP contribution in [0.5, 0.6) is 0 Å². The van der Waals surface area contributed by atoms with E-state index in [1.165, 1.54) is 172 Å². The SMILES string of the molecule is CC1(C)c2ccc(-c3cccc4c3sc3ccccc34)cc2-c2c1c1c(c3c2C(C)(C)c2ccc(-c4cccc5c4sc4cc(-c6ccccc6)ccc45)cc2-3)C(C)(C)c2ccc(-c3cccc4c3sc3ccccc34)cc2-1. The summed E-state index contributed by atoms with van der Waals surface area (Å²) in [6, 6.07) is 79.0. The molecule has 11 aromatic carbocycles. The van der Waals surface area contributed by atoms with Crippen LogP contribution in [0.2, 0.25) is 0 Å². The number of benzene rings is 11. The minimum atomic E-state index is -0.286. The first-order valence-electron chi connectivity index (χ1n) is 27.5. The highest BCUT2D eigenvalue weighted by molar-refractivity contribution is 7.27. The van der Waals surface area contributed by atoms with Crippen molar-refractivity contribution in [1.29, 1.82) is 0 Å². The normalized spacial score (nSPS) is 15.1. The average molecular weight is 1050 g/mol. The molecule has 370 valence electrons. The van der Waals surface area contributed by atoms with E-state index in [0.29, 0.717) is 0 Å². The number of rotatable bonds is 4. The van der Waals surface area contributed by atoms with Gasteiger partial charge < -0.3 is 0 Å². The lowest BCUT2D eigenvalue weighted by Gasteiger charge is -2.31. The molecular formula is C75H52S3. The molecule has 14 aromatic rings. The minimum absolute atomic E-state index is 0.279. The lowest BCUT2D eigenvalue weighted by Crippen LogP contribution is -2.22. The first-order chi connectivity index (χ1) is 37.9. The Balaban J connectivity index is 0.936. The summed E-state index contributed by atoms with van der Waals surface area (Å²) in [5.74, 6) is 0. The van der Waals surface area contributed by atoms with Crippen LogP contribution in [0, 0.1) is 0 Å². The Morgan fingerprint density at radius 2 is 0.590 bits per heavy atom. The molecule has 17 rings (SSSR count). The van der Waals surface area contributed by atoms with Crippen molar-refractivity contribution in [2.75, 3.05) is 0 Å². The average Bonchev–Trinajstić information content (AvgIpc) is 4.39. The topological polar surface area (TPSA) is 0 Å². The third kappa shape index (κ3) is 5.89. The van der Waals surface area contributed by atoms with E-state index < -0.39 is 0 Å². The van der Waals surface area contributed by atoms with Gasteiger partial charge in [-0.1, -0.05) is 211 Å². The van der Waals surface area contributed by atoms with Gasteiger partial charge >= 0.3 is 0 Å². The molecule has 0 nitrogen and oxygen atoms in total. The molecule has 3 aliphatic carbocycles. The fourth-order valence-electron chi connectivity index (χ4n) is 15.0. The van der Waals surface area contributed by atoms with Gasteiger partial charge in [-0.15, -0.1) is 34.0 Å². The second-order valence-corrected chi connectivity index (χ2v) is 27.0. The van der Waals surface area contributed by atoms with Gasteiger partial charge in [-0.25, -0.2) is 0 Å². The summed E-state index contributed by atoms with van der Waals surface area (Å²) in [4.78, 5) is 0. The molecule has 0 atom stereocenters. The maximum absolute atomic E-state index is 2.59. The summed E-state index contributed by atoms with van der Waals surface area (Å²) in [6.45, 7) is 15.1. The quantitative estimate of drug-likeness (QED) is 0.165. The zero-order valence-electron chi connectivity index (χ0n) is 44.4. The van der Waals surface area contributed by atoms with Gasteiger partial charge in [-0.05, 0) is 148 Å². The third-order valence-electron chi connectivity index (χ3n) is 18.6. The predicted molar refractivity (Wildman–Crippen MR) is 340 cm³/mol. The Morgan fingerprint density at radius 3 is 1.01 bits per heavy atom. The molecule has 0 spiro atoms. The molecule has 3 heteroatoms. The molecule has 0 N–H and O–H groups in total. The van der Waals surface area contributed by atoms with Gasteiger partial charge in [0.15, 0.2) is 0 Å². The molecule has 3 aliphatic rings. The molecule has 0 fully saturated rings. The molecule has 78 heavy (non-hydrogen) atoms. The van der Waals surface area contributed by atoms with Gasteiger partial charge in [0, 0.05) is 76.8 Å². The fourth-order valence-corrected chi connectivity index (χ4v) is 18.8. The smallest absolute Gasteiger partial charge is 0.0433 e. The molecule has 3 aromatic heterocycles. The van der Waals surface area contributed by atoms with Gasteiger partial charge in [0.25, 0.3) is 0 Å². The lowest BCUT2D eigenvalue weighted by atomic mass is 9.71. The first kappa shape index (κ1) is 45.1.